The molecule has 0 saturated carbocycles. The van der Waals surface area contributed by atoms with E-state index in [4.69, 9.17) is 4.74 Å². The number of fused-ring (bicyclic) bond motifs is 2. The van der Waals surface area contributed by atoms with Crippen LogP contribution in [0.25, 0.3) is 0 Å². The van der Waals surface area contributed by atoms with E-state index in [9.17, 15) is 4.79 Å². The van der Waals surface area contributed by atoms with E-state index in [2.05, 4.69) is 16.7 Å². The minimum Gasteiger partial charge on any atom is -0.480 e. The molecule has 0 radical (unpaired) electrons. The number of carbonyl (C=O) groups is 1. The smallest absolute Gasteiger partial charge is 0.224 e. The summed E-state index contributed by atoms with van der Waals surface area (Å²) in [7, 11) is 1.57. The highest BCUT2D eigenvalue weighted by Gasteiger charge is 2.36. The maximum absolute atomic E-state index is 12.7. The number of thioether (sulfide) groups is 1. The van der Waals surface area contributed by atoms with Crippen LogP contribution < -0.4 is 4.74 Å². The van der Waals surface area contributed by atoms with Crippen LogP contribution in [0.3, 0.4) is 0 Å². The first-order chi connectivity index (χ1) is 9.28. The van der Waals surface area contributed by atoms with Crippen LogP contribution in [0.15, 0.2) is 18.3 Å². The third kappa shape index (κ3) is 2.64. The van der Waals surface area contributed by atoms with Crippen LogP contribution in [0.2, 0.25) is 0 Å². The summed E-state index contributed by atoms with van der Waals surface area (Å²) in [6.07, 6.45) is 7.60. The molecule has 4 heteroatoms. The fourth-order valence-electron chi connectivity index (χ4n) is 3.23. The van der Waals surface area contributed by atoms with E-state index in [0.717, 1.165) is 12.8 Å². The Hall–Kier alpha value is -1.03. The highest BCUT2D eigenvalue weighted by atomic mass is 32.2. The van der Waals surface area contributed by atoms with Gasteiger partial charge in [0.1, 0.15) is 0 Å². The first kappa shape index (κ1) is 13.0. The van der Waals surface area contributed by atoms with E-state index >= 15 is 0 Å². The summed E-state index contributed by atoms with van der Waals surface area (Å²) in [5, 5.41) is 1.37. The van der Waals surface area contributed by atoms with Crippen LogP contribution in [0, 0.1) is 5.92 Å². The van der Waals surface area contributed by atoms with Gasteiger partial charge < -0.3 is 4.74 Å². The predicted octanol–water partition coefficient (Wildman–Crippen LogP) is 3.34. The lowest BCUT2D eigenvalue weighted by molar-refractivity contribution is 0.0893. The van der Waals surface area contributed by atoms with Crippen LogP contribution in [0.5, 0.6) is 5.88 Å². The van der Waals surface area contributed by atoms with Gasteiger partial charge in [-0.3, -0.25) is 4.79 Å². The lowest BCUT2D eigenvalue weighted by atomic mass is 9.84. The van der Waals surface area contributed by atoms with Crippen molar-refractivity contribution in [1.29, 1.82) is 0 Å². The third-order valence-corrected chi connectivity index (χ3v) is 5.76. The minimum atomic E-state index is 0.162. The van der Waals surface area contributed by atoms with E-state index < -0.39 is 0 Å². The first-order valence-corrected chi connectivity index (χ1v) is 7.91. The summed E-state index contributed by atoms with van der Waals surface area (Å²) in [6, 6.07) is 3.65. The van der Waals surface area contributed by atoms with Crippen molar-refractivity contribution in [2.24, 2.45) is 5.92 Å². The Morgan fingerprint density at radius 2 is 2.11 bits per heavy atom. The van der Waals surface area contributed by atoms with E-state index in [1.807, 2.05) is 12.1 Å². The van der Waals surface area contributed by atoms with Gasteiger partial charge in [-0.05, 0) is 37.8 Å². The quantitative estimate of drug-likeness (QED) is 0.794. The van der Waals surface area contributed by atoms with E-state index in [1.54, 1.807) is 13.3 Å². The van der Waals surface area contributed by atoms with Gasteiger partial charge in [-0.15, -0.1) is 0 Å². The maximum Gasteiger partial charge on any atom is 0.224 e. The molecule has 2 bridgehead atoms. The topological polar surface area (TPSA) is 39.2 Å². The van der Waals surface area contributed by atoms with Gasteiger partial charge in [-0.25, -0.2) is 4.98 Å². The molecule has 2 aliphatic heterocycles. The molecule has 2 unspecified atom stereocenters. The molecule has 2 aliphatic rings. The molecule has 0 amide bonds. The molecule has 2 saturated heterocycles. The molecule has 0 N–H and O–H groups in total. The second-order valence-corrected chi connectivity index (χ2v) is 7.01. The Morgan fingerprint density at radius 1 is 1.37 bits per heavy atom. The Labute approximate surface area is 118 Å². The van der Waals surface area contributed by atoms with Gasteiger partial charge >= 0.3 is 0 Å². The van der Waals surface area contributed by atoms with Crippen LogP contribution in [-0.4, -0.2) is 28.4 Å². The summed E-state index contributed by atoms with van der Waals surface area (Å²) >= 11 is 2.10. The number of rotatable bonds is 3. The standard InChI is InChI=1S/C15H19NO2S/c1-18-15-13(6-3-7-16-15)14(17)10-8-11-4-2-5-12(9-10)19-11/h3,6-7,10-12H,2,4-5,8-9H2,1H3. The van der Waals surface area contributed by atoms with Crippen molar-refractivity contribution in [3.05, 3.63) is 23.9 Å². The molecule has 1 aromatic heterocycles. The molecule has 0 aliphatic carbocycles. The number of pyridine rings is 1. The highest BCUT2D eigenvalue weighted by Crippen LogP contribution is 2.44. The molecule has 0 aromatic carbocycles. The van der Waals surface area contributed by atoms with Gasteiger partial charge in [0, 0.05) is 22.6 Å². The van der Waals surface area contributed by atoms with E-state index in [0.29, 0.717) is 21.9 Å². The molecular weight excluding hydrogens is 258 g/mol. The zero-order valence-corrected chi connectivity index (χ0v) is 12.0. The Bertz CT molecular complexity index is 465. The van der Waals surface area contributed by atoms with Crippen molar-refractivity contribution < 1.29 is 9.53 Å². The van der Waals surface area contributed by atoms with Crippen molar-refractivity contribution >= 4 is 17.5 Å². The molecule has 102 valence electrons. The van der Waals surface area contributed by atoms with Gasteiger partial charge in [0.2, 0.25) is 5.88 Å². The molecule has 3 heterocycles. The predicted molar refractivity (Wildman–Crippen MR) is 76.9 cm³/mol. The van der Waals surface area contributed by atoms with Gasteiger partial charge in [0.05, 0.1) is 12.7 Å². The average molecular weight is 277 g/mol. The summed E-state index contributed by atoms with van der Waals surface area (Å²) in [4.78, 5) is 16.8. The lowest BCUT2D eigenvalue weighted by Gasteiger charge is -2.37. The molecular formula is C15H19NO2S. The fourth-order valence-corrected chi connectivity index (χ4v) is 5.07. The fraction of sp³-hybridized carbons (Fsp3) is 0.600. The van der Waals surface area contributed by atoms with Crippen molar-refractivity contribution in [3.63, 3.8) is 0 Å². The molecule has 3 nitrogen and oxygen atoms in total. The van der Waals surface area contributed by atoms with Crippen LogP contribution in [0.1, 0.15) is 42.5 Å². The minimum absolute atomic E-state index is 0.162. The number of hydrogen-bond donors (Lipinski definition) is 0. The Balaban J connectivity index is 1.80. The number of ketones is 1. The van der Waals surface area contributed by atoms with Gasteiger partial charge in [0.25, 0.3) is 0 Å². The number of nitrogens with zero attached hydrogens (tertiary/aromatic N) is 1. The zero-order valence-electron chi connectivity index (χ0n) is 11.2. The van der Waals surface area contributed by atoms with Crippen LogP contribution >= 0.6 is 11.8 Å². The molecule has 19 heavy (non-hydrogen) atoms. The summed E-state index contributed by atoms with van der Waals surface area (Å²) in [6.45, 7) is 0. The zero-order chi connectivity index (χ0) is 13.2. The summed E-state index contributed by atoms with van der Waals surface area (Å²) in [5.74, 6) is 0.854. The number of methoxy groups -OCH3 is 1. The molecule has 1 aromatic rings. The number of carbonyl (C=O) groups excluding carboxylic acids is 1. The summed E-state index contributed by atoms with van der Waals surface area (Å²) < 4.78 is 5.21. The van der Waals surface area contributed by atoms with Crippen molar-refractivity contribution in [2.45, 2.75) is 42.6 Å². The largest absolute Gasteiger partial charge is 0.480 e. The molecule has 3 rings (SSSR count). The van der Waals surface area contributed by atoms with Gasteiger partial charge in [0.15, 0.2) is 5.78 Å². The number of ether oxygens (including phenoxy) is 1. The Kier molecular flexibility index (Phi) is 3.78. The van der Waals surface area contributed by atoms with Crippen LogP contribution in [-0.2, 0) is 0 Å². The van der Waals surface area contributed by atoms with Gasteiger partial charge in [-0.1, -0.05) is 6.42 Å². The molecule has 2 atom stereocenters. The third-order valence-electron chi connectivity index (χ3n) is 4.13. The number of aromatic nitrogens is 1. The maximum atomic E-state index is 12.7. The normalized spacial score (nSPS) is 29.8. The first-order valence-electron chi connectivity index (χ1n) is 6.96. The van der Waals surface area contributed by atoms with Gasteiger partial charge in [-0.2, -0.15) is 11.8 Å². The van der Waals surface area contributed by atoms with Crippen molar-refractivity contribution in [3.8, 4) is 5.88 Å². The monoisotopic (exact) mass is 277 g/mol. The van der Waals surface area contributed by atoms with Crippen molar-refractivity contribution in [1.82, 2.24) is 4.98 Å². The highest BCUT2D eigenvalue weighted by molar-refractivity contribution is 8.00. The molecule has 2 fully saturated rings. The second-order valence-electron chi connectivity index (χ2n) is 5.40. The average Bonchev–Trinajstić information content (AvgIpc) is 2.46. The number of Topliss-reactive ketones (excluding diaryl/α,β-unsaturated/α-hetero) is 1. The van der Waals surface area contributed by atoms with Crippen molar-refractivity contribution in [2.75, 3.05) is 7.11 Å². The molecule has 0 spiro atoms. The number of hydrogen-bond acceptors (Lipinski definition) is 4. The second kappa shape index (κ2) is 5.53. The summed E-state index contributed by atoms with van der Waals surface area (Å²) in [5.41, 5.74) is 0.653. The Morgan fingerprint density at radius 3 is 2.79 bits per heavy atom. The van der Waals surface area contributed by atoms with Crippen LogP contribution in [0.4, 0.5) is 0 Å². The van der Waals surface area contributed by atoms with E-state index in [-0.39, 0.29) is 11.7 Å². The van der Waals surface area contributed by atoms with E-state index in [1.165, 1.54) is 19.3 Å². The lowest BCUT2D eigenvalue weighted by Crippen LogP contribution is -2.33. The SMILES string of the molecule is COc1ncccc1C(=O)C1CC2CCCC(C1)S2.